The molecule has 1 unspecified atom stereocenters. The van der Waals surface area contributed by atoms with E-state index >= 15 is 0 Å². The molecule has 2 aliphatic heterocycles. The van der Waals surface area contributed by atoms with Crippen molar-refractivity contribution in [3.8, 4) is 0 Å². The first-order valence-electron chi connectivity index (χ1n) is 12.1. The molecule has 0 bridgehead atoms. The Labute approximate surface area is 210 Å². The molecule has 0 radical (unpaired) electrons. The van der Waals surface area contributed by atoms with Crippen LogP contribution in [0, 0.1) is 0 Å². The largest absolute Gasteiger partial charge is 0.394 e. The van der Waals surface area contributed by atoms with E-state index in [4.69, 9.17) is 10.8 Å². The van der Waals surface area contributed by atoms with E-state index in [-0.39, 0.29) is 24.1 Å². The number of nitrogens with one attached hydrogen (secondary N) is 3. The van der Waals surface area contributed by atoms with Gasteiger partial charge in [-0.3, -0.25) is 14.4 Å². The van der Waals surface area contributed by atoms with Gasteiger partial charge in [0.05, 0.1) is 6.61 Å². The molecule has 2 atom stereocenters. The van der Waals surface area contributed by atoms with Gasteiger partial charge in [0.1, 0.15) is 16.0 Å². The van der Waals surface area contributed by atoms with Crippen LogP contribution in [-0.2, 0) is 9.59 Å². The number of nitrogens with two attached hydrogens (primary N) is 1. The Kier molecular flexibility index (Phi) is 9.82. The molecule has 0 aromatic heterocycles. The summed E-state index contributed by atoms with van der Waals surface area (Å²) in [6.07, 6.45) is 2.46. The Hall–Kier alpha value is -2.76. The molecule has 2 aliphatic rings. The number of aliphatic hydroxyl groups is 1. The van der Waals surface area contributed by atoms with Crippen molar-refractivity contribution in [1.82, 2.24) is 20.4 Å². The number of nitrogens with zero attached hydrogens (tertiary/aromatic N) is 2. The van der Waals surface area contributed by atoms with Crippen molar-refractivity contribution in [1.29, 1.82) is 0 Å². The van der Waals surface area contributed by atoms with Crippen LogP contribution in [0.5, 0.6) is 0 Å². The van der Waals surface area contributed by atoms with Gasteiger partial charge in [-0.1, -0.05) is 11.8 Å². The summed E-state index contributed by atoms with van der Waals surface area (Å²) in [5.41, 5.74) is 7.39. The van der Waals surface area contributed by atoms with Crippen molar-refractivity contribution in [2.24, 2.45) is 5.73 Å². The molecule has 1 aromatic rings. The van der Waals surface area contributed by atoms with Gasteiger partial charge in [0.25, 0.3) is 11.8 Å². The zero-order chi connectivity index (χ0) is 25.4. The van der Waals surface area contributed by atoms with Crippen molar-refractivity contribution in [3.05, 3.63) is 40.6 Å². The molecule has 2 heterocycles. The third-order valence-electron chi connectivity index (χ3n) is 6.03. The maximum Gasteiger partial charge on any atom is 0.270 e. The molecule has 0 aliphatic carbocycles. The maximum absolute atomic E-state index is 12.9. The Morgan fingerprint density at radius 1 is 1.23 bits per heavy atom. The predicted octanol–water partition coefficient (Wildman–Crippen LogP) is 0.513. The van der Waals surface area contributed by atoms with E-state index in [0.29, 0.717) is 30.2 Å². The molecule has 6 N–H and O–H groups in total. The van der Waals surface area contributed by atoms with Crippen molar-refractivity contribution in [2.75, 3.05) is 51.2 Å². The summed E-state index contributed by atoms with van der Waals surface area (Å²) in [7, 11) is 0. The van der Waals surface area contributed by atoms with Crippen LogP contribution in [0.3, 0.4) is 0 Å². The summed E-state index contributed by atoms with van der Waals surface area (Å²) in [5.74, 6) is -0.738. The standard InChI is InChI=1S/C24H36N6O4S/c1-3-30-23(34)19(35-24(30)20(25)22(33)28-16(2)15-31)14-27-18-8-6-17(7-9-18)21(32)26-10-13-29-11-4-5-12-29/h6-9,16,19,27,31H,3-5,10-15,25H2,1-2H3,(H,26,32)(H,28,33)/b24-20+/t16?,19-/m1/s1. The number of carbonyl (C=O) groups is 3. The molecule has 0 spiro atoms. The molecule has 3 amide bonds. The van der Waals surface area contributed by atoms with Crippen LogP contribution >= 0.6 is 11.8 Å². The number of hydrogen-bond acceptors (Lipinski definition) is 8. The van der Waals surface area contributed by atoms with Gasteiger partial charge in [-0.15, -0.1) is 0 Å². The normalized spacial score (nSPS) is 20.6. The lowest BCUT2D eigenvalue weighted by molar-refractivity contribution is -0.127. The number of anilines is 1. The van der Waals surface area contributed by atoms with Gasteiger partial charge in [0, 0.05) is 43.5 Å². The van der Waals surface area contributed by atoms with Gasteiger partial charge in [-0.25, -0.2) is 0 Å². The number of aliphatic hydroxyl groups excluding tert-OH is 1. The minimum absolute atomic E-state index is 0.0342. The highest BCUT2D eigenvalue weighted by Gasteiger charge is 2.38. The fourth-order valence-corrected chi connectivity index (χ4v) is 5.22. The van der Waals surface area contributed by atoms with Crippen LogP contribution in [0.4, 0.5) is 5.69 Å². The lowest BCUT2D eigenvalue weighted by Crippen LogP contribution is -2.39. The highest BCUT2D eigenvalue weighted by molar-refractivity contribution is 8.04. The average molecular weight is 505 g/mol. The van der Waals surface area contributed by atoms with Gasteiger partial charge >= 0.3 is 0 Å². The van der Waals surface area contributed by atoms with E-state index < -0.39 is 17.2 Å². The smallest absolute Gasteiger partial charge is 0.270 e. The van der Waals surface area contributed by atoms with Crippen LogP contribution in [0.25, 0.3) is 0 Å². The molecule has 2 fully saturated rings. The molecule has 35 heavy (non-hydrogen) atoms. The third kappa shape index (κ3) is 7.12. The number of amides is 3. The van der Waals surface area contributed by atoms with Crippen molar-refractivity contribution in [3.63, 3.8) is 0 Å². The second kappa shape index (κ2) is 12.8. The lowest BCUT2D eigenvalue weighted by atomic mass is 10.2. The number of rotatable bonds is 11. The molecular formula is C24H36N6O4S. The Morgan fingerprint density at radius 3 is 2.54 bits per heavy atom. The van der Waals surface area contributed by atoms with Gasteiger partial charge < -0.3 is 36.6 Å². The Balaban J connectivity index is 1.52. The minimum Gasteiger partial charge on any atom is -0.394 e. The maximum atomic E-state index is 12.9. The first kappa shape index (κ1) is 26.8. The van der Waals surface area contributed by atoms with Crippen molar-refractivity contribution in [2.45, 2.75) is 38.0 Å². The average Bonchev–Trinajstić information content (AvgIpc) is 3.49. The molecule has 1 aromatic carbocycles. The van der Waals surface area contributed by atoms with E-state index in [0.717, 1.165) is 25.3 Å². The zero-order valence-corrected chi connectivity index (χ0v) is 21.2. The minimum atomic E-state index is -0.511. The monoisotopic (exact) mass is 504 g/mol. The van der Waals surface area contributed by atoms with E-state index in [9.17, 15) is 14.4 Å². The summed E-state index contributed by atoms with van der Waals surface area (Å²) in [6.45, 7) is 7.72. The predicted molar refractivity (Wildman–Crippen MR) is 138 cm³/mol. The topological polar surface area (TPSA) is 140 Å². The van der Waals surface area contributed by atoms with Crippen LogP contribution in [0.2, 0.25) is 0 Å². The summed E-state index contributed by atoms with van der Waals surface area (Å²) in [4.78, 5) is 41.5. The second-order valence-electron chi connectivity index (χ2n) is 8.73. The molecule has 10 nitrogen and oxygen atoms in total. The Bertz CT molecular complexity index is 932. The lowest BCUT2D eigenvalue weighted by Gasteiger charge is -2.17. The SMILES string of the molecule is CCN1C(=O)[C@@H](CNc2ccc(C(=O)NCCN3CCCC3)cc2)S/C1=C(/N)C(=O)NC(C)CO. The van der Waals surface area contributed by atoms with E-state index in [1.165, 1.54) is 29.5 Å². The van der Waals surface area contributed by atoms with Crippen LogP contribution in [0.15, 0.2) is 35.0 Å². The highest BCUT2D eigenvalue weighted by atomic mass is 32.2. The van der Waals surface area contributed by atoms with Gasteiger partial charge in [-0.05, 0) is 64.0 Å². The van der Waals surface area contributed by atoms with E-state index in [1.807, 2.05) is 19.1 Å². The number of likely N-dealkylation sites (tertiary alicyclic amines) is 1. The summed E-state index contributed by atoms with van der Waals surface area (Å²) in [6, 6.07) is 6.70. The summed E-state index contributed by atoms with van der Waals surface area (Å²) >= 11 is 1.25. The van der Waals surface area contributed by atoms with Crippen LogP contribution in [0.1, 0.15) is 37.0 Å². The van der Waals surface area contributed by atoms with Crippen molar-refractivity contribution < 1.29 is 19.5 Å². The molecule has 2 saturated heterocycles. The Morgan fingerprint density at radius 2 is 1.91 bits per heavy atom. The zero-order valence-electron chi connectivity index (χ0n) is 20.4. The number of carbonyl (C=O) groups excluding carboxylic acids is 3. The van der Waals surface area contributed by atoms with Crippen LogP contribution < -0.4 is 21.7 Å². The second-order valence-corrected chi connectivity index (χ2v) is 9.92. The number of hydrogen-bond donors (Lipinski definition) is 5. The molecule has 0 saturated carbocycles. The van der Waals surface area contributed by atoms with Gasteiger partial charge in [-0.2, -0.15) is 0 Å². The van der Waals surface area contributed by atoms with E-state index in [1.54, 1.807) is 19.1 Å². The summed E-state index contributed by atoms with van der Waals surface area (Å²) < 4.78 is 0. The molecular weight excluding hydrogens is 468 g/mol. The fourth-order valence-electron chi connectivity index (χ4n) is 3.99. The highest BCUT2D eigenvalue weighted by Crippen LogP contribution is 2.36. The summed E-state index contributed by atoms with van der Waals surface area (Å²) in [5, 5.41) is 17.9. The van der Waals surface area contributed by atoms with Gasteiger partial charge in [0.2, 0.25) is 5.91 Å². The third-order valence-corrected chi connectivity index (χ3v) is 7.35. The van der Waals surface area contributed by atoms with Gasteiger partial charge in [0.15, 0.2) is 0 Å². The first-order valence-corrected chi connectivity index (χ1v) is 13.0. The number of thioether (sulfide) groups is 1. The molecule has 192 valence electrons. The number of benzene rings is 1. The first-order chi connectivity index (χ1) is 16.8. The van der Waals surface area contributed by atoms with Crippen molar-refractivity contribution >= 4 is 35.2 Å². The fraction of sp³-hybridized carbons (Fsp3) is 0.542. The van der Waals surface area contributed by atoms with Crippen LogP contribution in [-0.4, -0.2) is 89.8 Å². The molecule has 11 heteroatoms. The molecule has 3 rings (SSSR count). The quantitative estimate of drug-likeness (QED) is 0.275. The van der Waals surface area contributed by atoms with E-state index in [2.05, 4.69) is 20.9 Å².